The lowest BCUT2D eigenvalue weighted by Gasteiger charge is -2.18. The number of ether oxygens (including phenoxy) is 1. The number of hydrogen-bond acceptors (Lipinski definition) is 7. The number of amides is 1. The van der Waals surface area contributed by atoms with Crippen LogP contribution in [0.5, 0.6) is 0 Å². The Bertz CT molecular complexity index is 951. The summed E-state index contributed by atoms with van der Waals surface area (Å²) in [4.78, 5) is 44.5. The maximum Gasteiger partial charge on any atom is 0.341 e. The first-order valence-corrected chi connectivity index (χ1v) is 11.0. The number of aryl methyl sites for hydroxylation is 1. The topological polar surface area (TPSA) is 101 Å². The summed E-state index contributed by atoms with van der Waals surface area (Å²) in [5.74, 6) is -0.0390. The molecule has 1 unspecified atom stereocenters. The highest BCUT2D eigenvalue weighted by Crippen LogP contribution is 2.40. The summed E-state index contributed by atoms with van der Waals surface area (Å²) in [5.41, 5.74) is 1.93. The molecule has 28 heavy (non-hydrogen) atoms. The summed E-state index contributed by atoms with van der Waals surface area (Å²) in [5, 5.41) is 3.80. The summed E-state index contributed by atoms with van der Waals surface area (Å²) in [6.07, 6.45) is 3.38. The van der Waals surface area contributed by atoms with Gasteiger partial charge in [-0.25, -0.2) is 9.78 Å². The fourth-order valence-electron chi connectivity index (χ4n) is 3.19. The molecule has 2 aromatic heterocycles. The summed E-state index contributed by atoms with van der Waals surface area (Å²) in [6, 6.07) is 1.45. The highest BCUT2D eigenvalue weighted by molar-refractivity contribution is 7.99. The van der Waals surface area contributed by atoms with Gasteiger partial charge in [-0.15, -0.1) is 11.3 Å². The van der Waals surface area contributed by atoms with E-state index in [0.717, 1.165) is 41.5 Å². The van der Waals surface area contributed by atoms with Crippen LogP contribution in [0.4, 0.5) is 5.00 Å². The summed E-state index contributed by atoms with van der Waals surface area (Å²) < 4.78 is 4.94. The molecule has 0 fully saturated rings. The number of nitrogens with zero attached hydrogens (tertiary/aromatic N) is 1. The molecule has 9 heteroatoms. The van der Waals surface area contributed by atoms with Crippen LogP contribution in [0.15, 0.2) is 16.0 Å². The van der Waals surface area contributed by atoms with E-state index in [0.29, 0.717) is 33.8 Å². The smallest absolute Gasteiger partial charge is 0.341 e. The summed E-state index contributed by atoms with van der Waals surface area (Å²) >= 11 is 2.61. The second-order valence-electron chi connectivity index (χ2n) is 6.78. The van der Waals surface area contributed by atoms with Crippen molar-refractivity contribution in [2.24, 2.45) is 5.92 Å². The van der Waals surface area contributed by atoms with Crippen LogP contribution in [0.1, 0.15) is 46.8 Å². The molecule has 7 nitrogen and oxygen atoms in total. The number of aromatic amines is 1. The lowest BCUT2D eigenvalue weighted by atomic mass is 9.88. The van der Waals surface area contributed by atoms with Crippen molar-refractivity contribution in [1.82, 2.24) is 9.97 Å². The Labute approximate surface area is 171 Å². The quantitative estimate of drug-likeness (QED) is 0.422. The fraction of sp³-hybridized carbons (Fsp3) is 0.474. The third-order valence-electron chi connectivity index (χ3n) is 4.63. The van der Waals surface area contributed by atoms with Gasteiger partial charge < -0.3 is 15.0 Å². The molecular weight excluding hydrogens is 398 g/mol. The molecule has 1 amide bonds. The predicted octanol–water partition coefficient (Wildman–Crippen LogP) is 3.04. The normalized spacial score (nSPS) is 15.8. The monoisotopic (exact) mass is 421 g/mol. The van der Waals surface area contributed by atoms with Crippen LogP contribution in [-0.2, 0) is 28.8 Å². The molecule has 0 bridgehead atoms. The zero-order valence-electron chi connectivity index (χ0n) is 16.1. The van der Waals surface area contributed by atoms with Gasteiger partial charge >= 0.3 is 5.97 Å². The Morgan fingerprint density at radius 3 is 2.96 bits per heavy atom. The SMILES string of the molecule is CCc1cc(=O)[nH]c(SCC(=O)Nc2sc3c(c2C(=O)OC)CCC(C)C3)n1. The van der Waals surface area contributed by atoms with E-state index >= 15 is 0 Å². The largest absolute Gasteiger partial charge is 0.465 e. The highest BCUT2D eigenvalue weighted by atomic mass is 32.2. The molecule has 0 radical (unpaired) electrons. The maximum absolute atomic E-state index is 12.5. The van der Waals surface area contributed by atoms with Crippen LogP contribution < -0.4 is 10.9 Å². The van der Waals surface area contributed by atoms with Crippen LogP contribution in [0, 0.1) is 5.92 Å². The van der Waals surface area contributed by atoms with Crippen molar-refractivity contribution in [2.45, 2.75) is 44.7 Å². The van der Waals surface area contributed by atoms with Gasteiger partial charge in [0.05, 0.1) is 18.4 Å². The van der Waals surface area contributed by atoms with E-state index in [1.165, 1.54) is 24.5 Å². The van der Waals surface area contributed by atoms with Crippen molar-refractivity contribution in [3.8, 4) is 0 Å². The molecule has 1 atom stereocenters. The van der Waals surface area contributed by atoms with Crippen LogP contribution in [0.25, 0.3) is 0 Å². The van der Waals surface area contributed by atoms with Crippen molar-refractivity contribution in [2.75, 3.05) is 18.2 Å². The van der Waals surface area contributed by atoms with Gasteiger partial charge in [-0.3, -0.25) is 9.59 Å². The van der Waals surface area contributed by atoms with E-state index in [1.54, 1.807) is 0 Å². The number of hydrogen-bond donors (Lipinski definition) is 2. The Kier molecular flexibility index (Phi) is 6.56. The zero-order chi connectivity index (χ0) is 20.3. The van der Waals surface area contributed by atoms with E-state index in [2.05, 4.69) is 22.2 Å². The number of esters is 1. The Morgan fingerprint density at radius 1 is 1.46 bits per heavy atom. The zero-order valence-corrected chi connectivity index (χ0v) is 17.7. The maximum atomic E-state index is 12.5. The molecule has 0 aliphatic heterocycles. The lowest BCUT2D eigenvalue weighted by molar-refractivity contribution is -0.113. The minimum Gasteiger partial charge on any atom is -0.465 e. The number of methoxy groups -OCH3 is 1. The first-order chi connectivity index (χ1) is 13.4. The van der Waals surface area contributed by atoms with Gasteiger partial charge in [-0.2, -0.15) is 0 Å². The van der Waals surface area contributed by atoms with Crippen LogP contribution in [0.3, 0.4) is 0 Å². The minimum absolute atomic E-state index is 0.0791. The molecular formula is C19H23N3O4S2. The molecule has 0 saturated heterocycles. The molecule has 0 aromatic carbocycles. The lowest BCUT2D eigenvalue weighted by Crippen LogP contribution is -2.18. The van der Waals surface area contributed by atoms with Gasteiger partial charge in [0.25, 0.3) is 5.56 Å². The highest BCUT2D eigenvalue weighted by Gasteiger charge is 2.28. The third kappa shape index (κ3) is 4.64. The van der Waals surface area contributed by atoms with E-state index in [4.69, 9.17) is 4.74 Å². The minimum atomic E-state index is -0.420. The predicted molar refractivity (Wildman–Crippen MR) is 110 cm³/mol. The van der Waals surface area contributed by atoms with Crippen LogP contribution in [0.2, 0.25) is 0 Å². The molecule has 150 valence electrons. The van der Waals surface area contributed by atoms with Crippen molar-refractivity contribution in [3.63, 3.8) is 0 Å². The standard InChI is InChI=1S/C19H23N3O4S2/c1-4-11-8-14(23)22-19(20-11)27-9-15(24)21-17-16(18(25)26-3)12-6-5-10(2)7-13(12)28-17/h8,10H,4-7,9H2,1-3H3,(H,21,24)(H,20,22,23). The molecule has 1 aliphatic rings. The van der Waals surface area contributed by atoms with Crippen molar-refractivity contribution in [1.29, 1.82) is 0 Å². The Morgan fingerprint density at radius 2 is 2.25 bits per heavy atom. The van der Waals surface area contributed by atoms with Gasteiger partial charge in [0, 0.05) is 16.6 Å². The van der Waals surface area contributed by atoms with Gasteiger partial charge in [0.15, 0.2) is 5.16 Å². The summed E-state index contributed by atoms with van der Waals surface area (Å²) in [7, 11) is 1.35. The van der Waals surface area contributed by atoms with Crippen molar-refractivity contribution < 1.29 is 14.3 Å². The van der Waals surface area contributed by atoms with Gasteiger partial charge in [0.1, 0.15) is 5.00 Å². The van der Waals surface area contributed by atoms with Gasteiger partial charge in [-0.1, -0.05) is 25.6 Å². The van der Waals surface area contributed by atoms with E-state index in [9.17, 15) is 14.4 Å². The second-order valence-corrected chi connectivity index (χ2v) is 8.85. The number of aromatic nitrogens is 2. The number of fused-ring (bicyclic) bond motifs is 1. The van der Waals surface area contributed by atoms with Crippen molar-refractivity contribution >= 4 is 40.0 Å². The molecule has 0 saturated carbocycles. The molecule has 2 N–H and O–H groups in total. The van der Waals surface area contributed by atoms with Crippen molar-refractivity contribution in [3.05, 3.63) is 38.1 Å². The van der Waals surface area contributed by atoms with E-state index in [-0.39, 0.29) is 17.2 Å². The fourth-order valence-corrected chi connectivity index (χ4v) is 5.30. The van der Waals surface area contributed by atoms with Crippen LogP contribution in [-0.4, -0.2) is 34.7 Å². The van der Waals surface area contributed by atoms with Gasteiger partial charge in [0.2, 0.25) is 5.91 Å². The average molecular weight is 422 g/mol. The number of nitrogens with one attached hydrogen (secondary N) is 2. The van der Waals surface area contributed by atoms with E-state index < -0.39 is 5.97 Å². The number of thioether (sulfide) groups is 1. The van der Waals surface area contributed by atoms with Crippen LogP contribution >= 0.6 is 23.1 Å². The number of carbonyl (C=O) groups is 2. The second kappa shape index (κ2) is 8.91. The number of thiophene rings is 1. The number of anilines is 1. The molecule has 2 aromatic rings. The molecule has 3 rings (SSSR count). The molecule has 1 aliphatic carbocycles. The number of carbonyl (C=O) groups excluding carboxylic acids is 2. The first kappa shape index (κ1) is 20.6. The van der Waals surface area contributed by atoms with Gasteiger partial charge in [-0.05, 0) is 37.2 Å². The average Bonchev–Trinajstić information content (AvgIpc) is 3.01. The first-order valence-electron chi connectivity index (χ1n) is 9.17. The number of H-pyrrole nitrogens is 1. The summed E-state index contributed by atoms with van der Waals surface area (Å²) in [6.45, 7) is 4.10. The molecule has 0 spiro atoms. The Balaban J connectivity index is 1.74. The Hall–Kier alpha value is -2.13. The number of rotatable bonds is 6. The molecule has 2 heterocycles. The third-order valence-corrected chi connectivity index (χ3v) is 6.67. The van der Waals surface area contributed by atoms with E-state index in [1.807, 2.05) is 6.92 Å².